The number of carbonyl (C=O) groups is 1. The number of aromatic nitrogens is 1. The number of hydrogen-bond donors (Lipinski definition) is 2. The number of halogens is 1. The van der Waals surface area contributed by atoms with Crippen LogP contribution in [0, 0.1) is 6.92 Å². The monoisotopic (exact) mass is 271 g/mol. The Morgan fingerprint density at radius 2 is 2.22 bits per heavy atom. The predicted molar refractivity (Wildman–Crippen MR) is 75.4 cm³/mol. The van der Waals surface area contributed by atoms with Gasteiger partial charge in [-0.15, -0.1) is 12.4 Å². The van der Waals surface area contributed by atoms with Crippen molar-refractivity contribution in [1.82, 2.24) is 15.2 Å². The first kappa shape index (κ1) is 15.1. The van der Waals surface area contributed by atoms with Gasteiger partial charge >= 0.3 is 0 Å². The Labute approximate surface area is 115 Å². The molecule has 0 aliphatic carbocycles. The average molecular weight is 272 g/mol. The Bertz CT molecular complexity index is 416. The molecule has 2 rings (SSSR count). The third-order valence-corrected chi connectivity index (χ3v) is 3.68. The van der Waals surface area contributed by atoms with Crippen molar-refractivity contribution < 1.29 is 4.79 Å². The van der Waals surface area contributed by atoms with Crippen LogP contribution in [0.25, 0.3) is 0 Å². The van der Waals surface area contributed by atoms with Gasteiger partial charge in [0, 0.05) is 24.8 Å². The molecular weight excluding hydrogens is 250 g/mol. The van der Waals surface area contributed by atoms with Crippen molar-refractivity contribution in [1.29, 1.82) is 0 Å². The van der Waals surface area contributed by atoms with E-state index in [9.17, 15) is 4.79 Å². The lowest BCUT2D eigenvalue weighted by atomic mass is 10.00. The molecule has 0 bridgehead atoms. The van der Waals surface area contributed by atoms with E-state index in [0.717, 1.165) is 30.8 Å². The van der Waals surface area contributed by atoms with Gasteiger partial charge in [0.1, 0.15) is 5.69 Å². The van der Waals surface area contributed by atoms with Crippen molar-refractivity contribution in [3.05, 3.63) is 23.5 Å². The molecule has 4 nitrogen and oxygen atoms in total. The topological polar surface area (TPSA) is 46.1 Å². The number of amides is 1. The van der Waals surface area contributed by atoms with E-state index in [1.807, 2.05) is 30.7 Å². The number of nitrogens with zero attached hydrogens (tertiary/aromatic N) is 1. The maximum absolute atomic E-state index is 12.1. The molecule has 0 saturated carbocycles. The molecule has 1 aromatic heterocycles. The van der Waals surface area contributed by atoms with E-state index in [0.29, 0.717) is 6.04 Å². The van der Waals surface area contributed by atoms with Crippen LogP contribution in [0.1, 0.15) is 35.9 Å². The Balaban J connectivity index is 0.00000162. The summed E-state index contributed by atoms with van der Waals surface area (Å²) in [7, 11) is 1.92. The van der Waals surface area contributed by atoms with E-state index >= 15 is 0 Å². The number of hydrogen-bond acceptors (Lipinski definition) is 2. The van der Waals surface area contributed by atoms with Crippen molar-refractivity contribution in [2.45, 2.75) is 38.8 Å². The molecule has 2 atom stereocenters. The van der Waals surface area contributed by atoms with E-state index < -0.39 is 0 Å². The molecule has 1 fully saturated rings. The fourth-order valence-electron chi connectivity index (χ4n) is 2.32. The van der Waals surface area contributed by atoms with Gasteiger partial charge in [0.05, 0.1) is 0 Å². The van der Waals surface area contributed by atoms with Crippen LogP contribution in [0.4, 0.5) is 0 Å². The number of carbonyl (C=O) groups excluding carboxylic acids is 1. The molecule has 0 radical (unpaired) electrons. The summed E-state index contributed by atoms with van der Waals surface area (Å²) in [6.07, 6.45) is 2.19. The van der Waals surface area contributed by atoms with Gasteiger partial charge in [0.2, 0.25) is 0 Å². The highest BCUT2D eigenvalue weighted by molar-refractivity contribution is 5.93. The highest BCUT2D eigenvalue weighted by Crippen LogP contribution is 2.11. The zero-order chi connectivity index (χ0) is 12.4. The Morgan fingerprint density at radius 3 is 2.78 bits per heavy atom. The molecule has 1 amide bonds. The molecule has 1 aliphatic heterocycles. The van der Waals surface area contributed by atoms with Crippen molar-refractivity contribution in [2.24, 2.45) is 7.05 Å². The SMILES string of the molecule is Cc1ccc(C(=O)NC2CCCNC2C)n1C.Cl. The first-order chi connectivity index (χ1) is 8.09. The summed E-state index contributed by atoms with van der Waals surface area (Å²) >= 11 is 0. The quantitative estimate of drug-likeness (QED) is 0.859. The van der Waals surface area contributed by atoms with E-state index in [1.54, 1.807) is 0 Å². The Hall–Kier alpha value is -1.00. The fraction of sp³-hybridized carbons (Fsp3) is 0.615. The van der Waals surface area contributed by atoms with E-state index in [4.69, 9.17) is 0 Å². The summed E-state index contributed by atoms with van der Waals surface area (Å²) < 4.78 is 1.93. The van der Waals surface area contributed by atoms with Gasteiger partial charge in [-0.1, -0.05) is 0 Å². The predicted octanol–water partition coefficient (Wildman–Crippen LogP) is 1.63. The van der Waals surface area contributed by atoms with Crippen LogP contribution in [0.3, 0.4) is 0 Å². The van der Waals surface area contributed by atoms with Gasteiger partial charge in [-0.3, -0.25) is 4.79 Å². The van der Waals surface area contributed by atoms with Crippen molar-refractivity contribution in [3.63, 3.8) is 0 Å². The second-order valence-corrected chi connectivity index (χ2v) is 4.88. The first-order valence-electron chi connectivity index (χ1n) is 6.26. The third kappa shape index (κ3) is 3.06. The van der Waals surface area contributed by atoms with Gasteiger partial charge in [0.15, 0.2) is 0 Å². The Morgan fingerprint density at radius 1 is 1.50 bits per heavy atom. The summed E-state index contributed by atoms with van der Waals surface area (Å²) in [6, 6.07) is 4.45. The van der Waals surface area contributed by atoms with E-state index in [2.05, 4.69) is 17.6 Å². The van der Waals surface area contributed by atoms with Crippen LogP contribution in [-0.4, -0.2) is 29.1 Å². The van der Waals surface area contributed by atoms with Gasteiger partial charge in [-0.2, -0.15) is 0 Å². The van der Waals surface area contributed by atoms with Crippen LogP contribution in [0.2, 0.25) is 0 Å². The zero-order valence-electron chi connectivity index (χ0n) is 11.2. The van der Waals surface area contributed by atoms with Crippen molar-refractivity contribution in [3.8, 4) is 0 Å². The zero-order valence-corrected chi connectivity index (χ0v) is 12.0. The largest absolute Gasteiger partial charge is 0.346 e. The van der Waals surface area contributed by atoms with Gasteiger partial charge in [-0.25, -0.2) is 0 Å². The first-order valence-corrected chi connectivity index (χ1v) is 6.26. The normalized spacial score (nSPS) is 23.3. The van der Waals surface area contributed by atoms with Crippen molar-refractivity contribution >= 4 is 18.3 Å². The minimum atomic E-state index is 0. The molecule has 102 valence electrons. The van der Waals surface area contributed by atoms with Crippen LogP contribution < -0.4 is 10.6 Å². The molecule has 2 heterocycles. The molecule has 2 N–H and O–H groups in total. The second kappa shape index (κ2) is 6.25. The maximum Gasteiger partial charge on any atom is 0.268 e. The summed E-state index contributed by atoms with van der Waals surface area (Å²) in [4.78, 5) is 12.1. The summed E-state index contributed by atoms with van der Waals surface area (Å²) in [5, 5.41) is 6.50. The van der Waals surface area contributed by atoms with Crippen LogP contribution >= 0.6 is 12.4 Å². The number of nitrogens with one attached hydrogen (secondary N) is 2. The molecule has 2 unspecified atom stereocenters. The van der Waals surface area contributed by atoms with Crippen LogP contribution in [-0.2, 0) is 7.05 Å². The summed E-state index contributed by atoms with van der Waals surface area (Å²) in [6.45, 7) is 5.18. The lowest BCUT2D eigenvalue weighted by Crippen LogP contribution is -2.52. The molecular formula is C13H22ClN3O. The van der Waals surface area contributed by atoms with Gasteiger partial charge < -0.3 is 15.2 Å². The molecule has 0 aromatic carbocycles. The van der Waals surface area contributed by atoms with Crippen LogP contribution in [0.15, 0.2) is 12.1 Å². The molecule has 0 spiro atoms. The maximum atomic E-state index is 12.1. The molecule has 1 aromatic rings. The smallest absolute Gasteiger partial charge is 0.268 e. The molecule has 18 heavy (non-hydrogen) atoms. The second-order valence-electron chi connectivity index (χ2n) is 4.88. The van der Waals surface area contributed by atoms with E-state index in [-0.39, 0.29) is 24.4 Å². The molecule has 1 aliphatic rings. The van der Waals surface area contributed by atoms with Gasteiger partial charge in [-0.05, 0) is 45.4 Å². The Kier molecular flexibility index (Phi) is 5.23. The highest BCUT2D eigenvalue weighted by Gasteiger charge is 2.23. The number of rotatable bonds is 2. The number of piperidine rings is 1. The average Bonchev–Trinajstić information content (AvgIpc) is 2.63. The fourth-order valence-corrected chi connectivity index (χ4v) is 2.32. The minimum absolute atomic E-state index is 0. The molecule has 1 saturated heterocycles. The lowest BCUT2D eigenvalue weighted by Gasteiger charge is -2.30. The standard InChI is InChI=1S/C13H21N3O.ClH/c1-9-6-7-12(16(9)3)13(17)15-11-5-4-8-14-10(11)2;/h6-7,10-11,14H,4-5,8H2,1-3H3,(H,15,17);1H. The van der Waals surface area contributed by atoms with Crippen LogP contribution in [0.5, 0.6) is 0 Å². The lowest BCUT2D eigenvalue weighted by molar-refractivity contribution is 0.0911. The van der Waals surface area contributed by atoms with E-state index in [1.165, 1.54) is 0 Å². The van der Waals surface area contributed by atoms with Gasteiger partial charge in [0.25, 0.3) is 5.91 Å². The third-order valence-electron chi connectivity index (χ3n) is 3.68. The molecule has 5 heteroatoms. The minimum Gasteiger partial charge on any atom is -0.346 e. The van der Waals surface area contributed by atoms with Crippen molar-refractivity contribution in [2.75, 3.05) is 6.54 Å². The summed E-state index contributed by atoms with van der Waals surface area (Å²) in [5.41, 5.74) is 1.84. The highest BCUT2D eigenvalue weighted by atomic mass is 35.5. The number of aryl methyl sites for hydroxylation is 1. The summed E-state index contributed by atoms with van der Waals surface area (Å²) in [5.74, 6) is 0.0288.